The number of anilines is 1. The molecule has 0 atom stereocenters. The Labute approximate surface area is 189 Å². The lowest BCUT2D eigenvalue weighted by molar-refractivity contribution is -0.137. The van der Waals surface area contributed by atoms with Crippen LogP contribution in [0.3, 0.4) is 0 Å². The van der Waals surface area contributed by atoms with Gasteiger partial charge in [0.15, 0.2) is 0 Å². The average molecular weight is 478 g/mol. The summed E-state index contributed by atoms with van der Waals surface area (Å²) in [7, 11) is 0. The number of benzene rings is 2. The third-order valence-corrected chi connectivity index (χ3v) is 4.92. The second-order valence-corrected chi connectivity index (χ2v) is 7.37. The first-order valence-corrected chi connectivity index (χ1v) is 9.86. The van der Waals surface area contributed by atoms with E-state index < -0.39 is 30.5 Å². The van der Waals surface area contributed by atoms with E-state index in [4.69, 9.17) is 0 Å². The molecule has 0 aliphatic carbocycles. The van der Waals surface area contributed by atoms with Gasteiger partial charge in [-0.2, -0.15) is 26.3 Å². The third-order valence-electron chi connectivity index (χ3n) is 4.92. The molecule has 2 heterocycles. The minimum atomic E-state index is -4.52. The number of carbonyl (C=O) groups is 1. The highest BCUT2D eigenvalue weighted by atomic mass is 19.4. The van der Waals surface area contributed by atoms with Crippen LogP contribution in [0.1, 0.15) is 5.56 Å². The molecule has 176 valence electrons. The number of nitrogens with one attached hydrogen (secondary N) is 2. The van der Waals surface area contributed by atoms with E-state index in [1.807, 2.05) is 0 Å². The lowest BCUT2D eigenvalue weighted by Crippen LogP contribution is -2.36. The zero-order valence-corrected chi connectivity index (χ0v) is 17.2. The summed E-state index contributed by atoms with van der Waals surface area (Å²) in [6.45, 7) is -1.45. The number of imidazole rings is 1. The Morgan fingerprint density at radius 2 is 1.62 bits per heavy atom. The van der Waals surface area contributed by atoms with Gasteiger partial charge < -0.3 is 10.6 Å². The number of rotatable bonds is 4. The van der Waals surface area contributed by atoms with Crippen LogP contribution in [0.15, 0.2) is 73.1 Å². The number of amides is 2. The zero-order valence-electron chi connectivity index (χ0n) is 17.2. The number of hydrogen-bond acceptors (Lipinski definition) is 2. The number of aromatic nitrogens is 2. The van der Waals surface area contributed by atoms with Crippen molar-refractivity contribution in [3.63, 3.8) is 0 Å². The van der Waals surface area contributed by atoms with E-state index in [1.54, 1.807) is 52.4 Å². The van der Waals surface area contributed by atoms with Gasteiger partial charge in [-0.25, -0.2) is 9.78 Å². The van der Waals surface area contributed by atoms with Crippen molar-refractivity contribution >= 4 is 17.4 Å². The maximum absolute atomic E-state index is 12.8. The van der Waals surface area contributed by atoms with Gasteiger partial charge in [-0.05, 0) is 47.5 Å². The van der Waals surface area contributed by atoms with Crippen LogP contribution in [0.2, 0.25) is 0 Å². The first kappa shape index (κ1) is 23.1. The monoisotopic (exact) mass is 478 g/mol. The van der Waals surface area contributed by atoms with Crippen molar-refractivity contribution in [2.75, 3.05) is 11.9 Å². The van der Waals surface area contributed by atoms with E-state index >= 15 is 0 Å². The first-order valence-electron chi connectivity index (χ1n) is 9.86. The van der Waals surface area contributed by atoms with Gasteiger partial charge in [0.05, 0.1) is 17.5 Å². The molecule has 34 heavy (non-hydrogen) atoms. The molecule has 0 fully saturated rings. The molecule has 0 spiro atoms. The average Bonchev–Trinajstić information content (AvgIpc) is 3.20. The second-order valence-electron chi connectivity index (χ2n) is 7.37. The van der Waals surface area contributed by atoms with Gasteiger partial charge >= 0.3 is 18.4 Å². The number of pyridine rings is 1. The number of urea groups is 1. The molecular weight excluding hydrogens is 462 g/mol. The lowest BCUT2D eigenvalue weighted by Gasteiger charge is -2.11. The summed E-state index contributed by atoms with van der Waals surface area (Å²) in [6.07, 6.45) is -5.65. The van der Waals surface area contributed by atoms with E-state index in [-0.39, 0.29) is 5.69 Å². The molecule has 0 radical (unpaired) electrons. The molecule has 0 saturated heterocycles. The molecule has 2 aromatic heterocycles. The van der Waals surface area contributed by atoms with Crippen molar-refractivity contribution in [1.82, 2.24) is 14.7 Å². The molecule has 11 heteroatoms. The summed E-state index contributed by atoms with van der Waals surface area (Å²) in [4.78, 5) is 16.1. The Hall–Kier alpha value is -4.02. The summed E-state index contributed by atoms with van der Waals surface area (Å²) in [6, 6.07) is 13.7. The molecule has 0 aliphatic rings. The molecule has 0 unspecified atom stereocenters. The number of fused-ring (bicyclic) bond motifs is 1. The van der Waals surface area contributed by atoms with Crippen LogP contribution in [-0.4, -0.2) is 28.1 Å². The van der Waals surface area contributed by atoms with Crippen molar-refractivity contribution in [3.05, 3.63) is 78.6 Å². The first-order chi connectivity index (χ1) is 16.0. The van der Waals surface area contributed by atoms with E-state index in [0.29, 0.717) is 28.0 Å². The van der Waals surface area contributed by atoms with Crippen LogP contribution in [-0.2, 0) is 6.18 Å². The lowest BCUT2D eigenvalue weighted by atomic mass is 10.0. The minimum absolute atomic E-state index is 0.286. The zero-order chi connectivity index (χ0) is 24.5. The largest absolute Gasteiger partial charge is 0.416 e. The quantitative estimate of drug-likeness (QED) is 0.335. The van der Waals surface area contributed by atoms with Crippen molar-refractivity contribution in [3.8, 4) is 22.4 Å². The van der Waals surface area contributed by atoms with Crippen molar-refractivity contribution in [1.29, 1.82) is 0 Å². The van der Waals surface area contributed by atoms with E-state index in [0.717, 1.165) is 12.1 Å². The summed E-state index contributed by atoms with van der Waals surface area (Å²) >= 11 is 0. The maximum atomic E-state index is 12.8. The van der Waals surface area contributed by atoms with Crippen LogP contribution in [0.25, 0.3) is 28.0 Å². The van der Waals surface area contributed by atoms with E-state index in [1.165, 1.54) is 18.2 Å². The summed E-state index contributed by atoms with van der Waals surface area (Å²) in [5.41, 5.74) is 2.64. The highest BCUT2D eigenvalue weighted by molar-refractivity contribution is 5.90. The Morgan fingerprint density at radius 1 is 0.882 bits per heavy atom. The fourth-order valence-electron chi connectivity index (χ4n) is 3.34. The Kier molecular flexibility index (Phi) is 5.94. The van der Waals surface area contributed by atoms with Crippen LogP contribution < -0.4 is 10.6 Å². The molecule has 2 aromatic carbocycles. The van der Waals surface area contributed by atoms with Crippen molar-refractivity contribution < 1.29 is 31.1 Å². The van der Waals surface area contributed by atoms with Gasteiger partial charge in [0.2, 0.25) is 0 Å². The molecule has 0 aliphatic heterocycles. The Balaban J connectivity index is 1.56. The van der Waals surface area contributed by atoms with Crippen LogP contribution in [0, 0.1) is 0 Å². The molecule has 2 N–H and O–H groups in total. The smallest absolute Gasteiger partial charge is 0.329 e. The standard InChI is InChI=1S/C23H16F6N4O/c24-22(25,26)13-31-21(34)32-18-3-1-2-16(10-18)19-12-30-20-11-15(8-9-33(19)20)14-4-6-17(7-5-14)23(27,28)29/h1-12H,13H2,(H2,31,32,34). The Morgan fingerprint density at radius 3 is 2.29 bits per heavy atom. The van der Waals surface area contributed by atoms with Crippen LogP contribution >= 0.6 is 0 Å². The van der Waals surface area contributed by atoms with Gasteiger partial charge in [0.25, 0.3) is 0 Å². The third kappa shape index (κ3) is 5.30. The summed E-state index contributed by atoms with van der Waals surface area (Å²) < 4.78 is 76.9. The van der Waals surface area contributed by atoms with Gasteiger partial charge in [0, 0.05) is 17.4 Å². The SMILES string of the molecule is O=C(NCC(F)(F)F)Nc1cccc(-c2cnc3cc(-c4ccc(C(F)(F)F)cc4)ccn23)c1. The molecule has 4 aromatic rings. The van der Waals surface area contributed by atoms with Crippen molar-refractivity contribution in [2.24, 2.45) is 0 Å². The topological polar surface area (TPSA) is 58.4 Å². The summed E-state index contributed by atoms with van der Waals surface area (Å²) in [5.74, 6) is 0. The fraction of sp³-hybridized carbons (Fsp3) is 0.130. The molecule has 2 amide bonds. The predicted molar refractivity (Wildman–Crippen MR) is 114 cm³/mol. The summed E-state index contributed by atoms with van der Waals surface area (Å²) in [5, 5.41) is 4.08. The van der Waals surface area contributed by atoms with Gasteiger partial charge in [-0.15, -0.1) is 0 Å². The molecule has 0 saturated carbocycles. The highest BCUT2D eigenvalue weighted by Crippen LogP contribution is 2.32. The van der Waals surface area contributed by atoms with Gasteiger partial charge in [-0.1, -0.05) is 24.3 Å². The van der Waals surface area contributed by atoms with Crippen molar-refractivity contribution in [2.45, 2.75) is 12.4 Å². The second kappa shape index (κ2) is 8.73. The molecule has 4 rings (SSSR count). The number of carbonyl (C=O) groups excluding carboxylic acids is 1. The minimum Gasteiger partial charge on any atom is -0.329 e. The molecular formula is C23H16F6N4O. The molecule has 0 bridgehead atoms. The van der Waals surface area contributed by atoms with Crippen LogP contribution in [0.5, 0.6) is 0 Å². The van der Waals surface area contributed by atoms with Gasteiger partial charge in [-0.3, -0.25) is 4.40 Å². The number of hydrogen-bond donors (Lipinski definition) is 2. The van der Waals surface area contributed by atoms with Gasteiger partial charge in [0.1, 0.15) is 12.2 Å². The number of alkyl halides is 6. The van der Waals surface area contributed by atoms with E-state index in [9.17, 15) is 31.1 Å². The number of nitrogens with zero attached hydrogens (tertiary/aromatic N) is 2. The highest BCUT2D eigenvalue weighted by Gasteiger charge is 2.30. The Bertz CT molecular complexity index is 1330. The molecule has 5 nitrogen and oxygen atoms in total. The van der Waals surface area contributed by atoms with E-state index in [2.05, 4.69) is 10.3 Å². The maximum Gasteiger partial charge on any atom is 0.416 e. The number of halogens is 6. The fourth-order valence-corrected chi connectivity index (χ4v) is 3.34. The van der Waals surface area contributed by atoms with Crippen LogP contribution in [0.4, 0.5) is 36.8 Å². The predicted octanol–water partition coefficient (Wildman–Crippen LogP) is 6.37. The normalized spacial score (nSPS) is 12.1.